The van der Waals surface area contributed by atoms with E-state index in [0.717, 1.165) is 0 Å². The summed E-state index contributed by atoms with van der Waals surface area (Å²) in [5, 5.41) is 3.33. The number of ether oxygens (including phenoxy) is 1. The molecule has 1 heterocycles. The van der Waals surface area contributed by atoms with Gasteiger partial charge in [0, 0.05) is 0 Å². The Balaban J connectivity index is 3.24. The van der Waals surface area contributed by atoms with Gasteiger partial charge < -0.3 is 15.0 Å². The molecule has 70 valence electrons. The van der Waals surface area contributed by atoms with Gasteiger partial charge in [-0.05, 0) is 6.92 Å². The number of amides is 1. The van der Waals surface area contributed by atoms with E-state index in [0.29, 0.717) is 0 Å². The van der Waals surface area contributed by atoms with Crippen LogP contribution in [0, 0.1) is 6.92 Å². The van der Waals surface area contributed by atoms with E-state index in [1.54, 1.807) is 0 Å². The molecule has 0 bridgehead atoms. The molecule has 1 aromatic heterocycles. The van der Waals surface area contributed by atoms with Crippen LogP contribution in [0.5, 0.6) is 0 Å². The molecule has 1 aromatic rings. The molecule has 2 N–H and O–H groups in total. The van der Waals surface area contributed by atoms with Crippen LogP contribution in [0.3, 0.4) is 0 Å². The van der Waals surface area contributed by atoms with E-state index in [1.165, 1.54) is 14.0 Å². The first-order chi connectivity index (χ1) is 6.07. The third kappa shape index (κ3) is 1.51. The monoisotopic (exact) mass is 184 g/mol. The zero-order valence-corrected chi connectivity index (χ0v) is 7.16. The zero-order valence-electron chi connectivity index (χ0n) is 7.16. The van der Waals surface area contributed by atoms with Crippen molar-refractivity contribution in [3.8, 4) is 0 Å². The van der Waals surface area contributed by atoms with E-state index in [2.05, 4.69) is 14.4 Å². The van der Waals surface area contributed by atoms with E-state index in [4.69, 9.17) is 5.73 Å². The minimum absolute atomic E-state index is 0.0185. The fourth-order valence-electron chi connectivity index (χ4n) is 0.883. The van der Waals surface area contributed by atoms with Crippen LogP contribution in [0.2, 0.25) is 0 Å². The van der Waals surface area contributed by atoms with Gasteiger partial charge in [-0.1, -0.05) is 5.16 Å². The van der Waals surface area contributed by atoms with Crippen LogP contribution in [-0.4, -0.2) is 24.1 Å². The predicted octanol–water partition coefficient (Wildman–Crippen LogP) is -0.131. The Morgan fingerprint density at radius 2 is 2.15 bits per heavy atom. The van der Waals surface area contributed by atoms with Crippen LogP contribution >= 0.6 is 0 Å². The first-order valence-corrected chi connectivity index (χ1v) is 3.42. The Morgan fingerprint density at radius 1 is 1.54 bits per heavy atom. The van der Waals surface area contributed by atoms with Crippen LogP contribution in [0.1, 0.15) is 26.6 Å². The van der Waals surface area contributed by atoms with Gasteiger partial charge in [0.2, 0.25) is 0 Å². The van der Waals surface area contributed by atoms with Gasteiger partial charge in [0.1, 0.15) is 11.3 Å². The molecule has 0 saturated carbocycles. The van der Waals surface area contributed by atoms with Gasteiger partial charge in [-0.15, -0.1) is 0 Å². The van der Waals surface area contributed by atoms with Gasteiger partial charge in [-0.3, -0.25) is 4.79 Å². The van der Waals surface area contributed by atoms with Crippen molar-refractivity contribution in [2.75, 3.05) is 7.11 Å². The zero-order chi connectivity index (χ0) is 10.0. The molecule has 1 amide bonds. The number of hydrogen-bond donors (Lipinski definition) is 1. The quantitative estimate of drug-likeness (QED) is 0.646. The normalized spacial score (nSPS) is 9.69. The first-order valence-electron chi connectivity index (χ1n) is 3.42. The molecule has 0 aromatic carbocycles. The highest BCUT2D eigenvalue weighted by Gasteiger charge is 2.24. The number of carbonyl (C=O) groups is 2. The molecule has 0 aliphatic heterocycles. The maximum absolute atomic E-state index is 11.1. The van der Waals surface area contributed by atoms with Gasteiger partial charge in [0.05, 0.1) is 7.11 Å². The molecule has 0 unspecified atom stereocenters. The van der Waals surface area contributed by atoms with Crippen molar-refractivity contribution in [1.82, 2.24) is 5.16 Å². The fraction of sp³-hybridized carbons (Fsp3) is 0.286. The average molecular weight is 184 g/mol. The van der Waals surface area contributed by atoms with Gasteiger partial charge in [0.15, 0.2) is 5.69 Å². The van der Waals surface area contributed by atoms with Gasteiger partial charge in [-0.25, -0.2) is 4.79 Å². The van der Waals surface area contributed by atoms with Crippen LogP contribution < -0.4 is 5.73 Å². The van der Waals surface area contributed by atoms with E-state index >= 15 is 0 Å². The molecular weight excluding hydrogens is 176 g/mol. The molecule has 6 heteroatoms. The van der Waals surface area contributed by atoms with Crippen LogP contribution in [0.25, 0.3) is 0 Å². The first kappa shape index (κ1) is 9.24. The molecule has 0 aliphatic carbocycles. The van der Waals surface area contributed by atoms with E-state index in [1.807, 2.05) is 0 Å². The lowest BCUT2D eigenvalue weighted by Gasteiger charge is -1.95. The Bertz CT molecular complexity index is 355. The summed E-state index contributed by atoms with van der Waals surface area (Å²) in [7, 11) is 1.19. The summed E-state index contributed by atoms with van der Waals surface area (Å²) >= 11 is 0. The molecule has 0 atom stereocenters. The molecule has 0 radical (unpaired) electrons. The number of aromatic nitrogens is 1. The van der Waals surface area contributed by atoms with Crippen molar-refractivity contribution in [2.45, 2.75) is 6.92 Å². The number of nitrogens with zero attached hydrogens (tertiary/aromatic N) is 1. The number of aryl methyl sites for hydroxylation is 1. The molecule has 0 fully saturated rings. The number of primary amides is 1. The SMILES string of the molecule is COC(=O)c1c(C(N)=O)noc1C. The highest BCUT2D eigenvalue weighted by molar-refractivity contribution is 6.03. The van der Waals surface area contributed by atoms with E-state index in [9.17, 15) is 9.59 Å². The molecule has 0 spiro atoms. The van der Waals surface area contributed by atoms with Gasteiger partial charge >= 0.3 is 5.97 Å². The van der Waals surface area contributed by atoms with Crippen molar-refractivity contribution in [3.05, 3.63) is 17.0 Å². The van der Waals surface area contributed by atoms with Crippen molar-refractivity contribution in [1.29, 1.82) is 0 Å². The maximum Gasteiger partial charge on any atom is 0.343 e. The number of hydrogen-bond acceptors (Lipinski definition) is 5. The van der Waals surface area contributed by atoms with Crippen LogP contribution in [0.15, 0.2) is 4.52 Å². The summed E-state index contributed by atoms with van der Waals surface area (Å²) in [5.74, 6) is -1.30. The lowest BCUT2D eigenvalue weighted by molar-refractivity contribution is 0.0595. The Morgan fingerprint density at radius 3 is 2.62 bits per heavy atom. The number of nitrogens with two attached hydrogens (primary N) is 1. The van der Waals surface area contributed by atoms with Crippen molar-refractivity contribution in [2.24, 2.45) is 5.73 Å². The Kier molecular flexibility index (Phi) is 2.32. The highest BCUT2D eigenvalue weighted by Crippen LogP contribution is 2.13. The lowest BCUT2D eigenvalue weighted by Crippen LogP contribution is -2.16. The third-order valence-corrected chi connectivity index (χ3v) is 1.49. The standard InChI is InChI=1S/C7H8N2O4/c1-3-4(7(11)12-2)5(6(8)10)9-13-3/h1-2H3,(H2,8,10). The predicted molar refractivity (Wildman–Crippen MR) is 41.1 cm³/mol. The van der Waals surface area contributed by atoms with Gasteiger partial charge in [-0.2, -0.15) is 0 Å². The van der Waals surface area contributed by atoms with Crippen LogP contribution in [0.4, 0.5) is 0 Å². The minimum atomic E-state index is -0.822. The van der Waals surface area contributed by atoms with Crippen molar-refractivity contribution >= 4 is 11.9 Å². The second-order valence-electron chi connectivity index (χ2n) is 2.32. The summed E-state index contributed by atoms with van der Waals surface area (Å²) in [5.41, 5.74) is 4.73. The summed E-state index contributed by atoms with van der Waals surface area (Å²) in [6.07, 6.45) is 0. The topological polar surface area (TPSA) is 95.4 Å². The second-order valence-corrected chi connectivity index (χ2v) is 2.32. The number of esters is 1. The van der Waals surface area contributed by atoms with Gasteiger partial charge in [0.25, 0.3) is 5.91 Å². The van der Waals surface area contributed by atoms with Crippen molar-refractivity contribution < 1.29 is 18.8 Å². The second kappa shape index (κ2) is 3.26. The third-order valence-electron chi connectivity index (χ3n) is 1.49. The maximum atomic E-state index is 11.1. The molecule has 0 aliphatic rings. The molecular formula is C7H8N2O4. The smallest absolute Gasteiger partial charge is 0.343 e. The van der Waals surface area contributed by atoms with E-state index in [-0.39, 0.29) is 17.0 Å². The van der Waals surface area contributed by atoms with E-state index < -0.39 is 11.9 Å². The van der Waals surface area contributed by atoms with Crippen LogP contribution in [-0.2, 0) is 4.74 Å². The number of methoxy groups -OCH3 is 1. The Labute approximate surface area is 73.6 Å². The average Bonchev–Trinajstić information content (AvgIpc) is 2.46. The highest BCUT2D eigenvalue weighted by atomic mass is 16.5. The summed E-state index contributed by atoms with van der Waals surface area (Å²) in [6, 6.07) is 0. The number of carbonyl (C=O) groups excluding carboxylic acids is 2. The summed E-state index contributed by atoms with van der Waals surface area (Å²) < 4.78 is 9.05. The molecule has 1 rings (SSSR count). The molecule has 6 nitrogen and oxygen atoms in total. The molecule has 0 saturated heterocycles. The Hall–Kier alpha value is -1.85. The largest absolute Gasteiger partial charge is 0.465 e. The van der Waals surface area contributed by atoms with Crippen molar-refractivity contribution in [3.63, 3.8) is 0 Å². The summed E-state index contributed by atoms with van der Waals surface area (Å²) in [6.45, 7) is 1.49. The summed E-state index contributed by atoms with van der Waals surface area (Å²) in [4.78, 5) is 21.8. The fourth-order valence-corrected chi connectivity index (χ4v) is 0.883. The lowest BCUT2D eigenvalue weighted by atomic mass is 10.2. The number of rotatable bonds is 2. The minimum Gasteiger partial charge on any atom is -0.465 e. The molecule has 13 heavy (non-hydrogen) atoms.